The number of esters is 1. The van der Waals surface area contributed by atoms with Gasteiger partial charge in [-0.15, -0.1) is 0 Å². The Labute approximate surface area is 124 Å². The lowest BCUT2D eigenvalue weighted by atomic mass is 10.1. The lowest BCUT2D eigenvalue weighted by Gasteiger charge is -2.24. The van der Waals surface area contributed by atoms with Crippen LogP contribution in [0.4, 0.5) is 5.69 Å². The maximum Gasteiger partial charge on any atom is 0.326 e. The van der Waals surface area contributed by atoms with Crippen molar-refractivity contribution in [1.82, 2.24) is 0 Å². The third-order valence-corrected chi connectivity index (χ3v) is 3.41. The van der Waals surface area contributed by atoms with Crippen molar-refractivity contribution in [3.63, 3.8) is 0 Å². The molecule has 21 heavy (non-hydrogen) atoms. The molecule has 1 amide bonds. The summed E-state index contributed by atoms with van der Waals surface area (Å²) in [6.07, 6.45) is 1.11. The van der Waals surface area contributed by atoms with Crippen LogP contribution in [0.5, 0.6) is 0 Å². The Morgan fingerprint density at radius 1 is 1.33 bits per heavy atom. The Hall–Kier alpha value is -1.88. The van der Waals surface area contributed by atoms with Crippen LogP contribution in [0, 0.1) is 6.92 Å². The predicted octanol–water partition coefficient (Wildman–Crippen LogP) is 2.07. The Bertz CT molecular complexity index is 492. The monoisotopic (exact) mass is 291 g/mol. The molecule has 5 heteroatoms. The van der Waals surface area contributed by atoms with E-state index in [1.807, 2.05) is 31.2 Å². The SMILES string of the molecule is CCOC(=O)CN(C(=O)[C@@H]1CCCO1)c1ccc(C)cc1. The van der Waals surface area contributed by atoms with Gasteiger partial charge in [0.05, 0.1) is 6.61 Å². The summed E-state index contributed by atoms with van der Waals surface area (Å²) in [5.74, 6) is -0.589. The standard InChI is InChI=1S/C16H21NO4/c1-3-20-15(18)11-17(13-8-6-12(2)7-9-13)16(19)14-5-4-10-21-14/h6-9,14H,3-5,10-11H2,1-2H3/t14-/m0/s1. The molecule has 0 unspecified atom stereocenters. The molecule has 1 atom stereocenters. The van der Waals surface area contributed by atoms with Gasteiger partial charge in [-0.1, -0.05) is 17.7 Å². The van der Waals surface area contributed by atoms with E-state index in [4.69, 9.17) is 9.47 Å². The number of anilines is 1. The summed E-state index contributed by atoms with van der Waals surface area (Å²) in [6, 6.07) is 7.50. The Morgan fingerprint density at radius 3 is 2.62 bits per heavy atom. The van der Waals surface area contributed by atoms with Crippen molar-refractivity contribution in [1.29, 1.82) is 0 Å². The van der Waals surface area contributed by atoms with Crippen molar-refractivity contribution < 1.29 is 19.1 Å². The zero-order valence-electron chi connectivity index (χ0n) is 12.5. The molecule has 1 fully saturated rings. The van der Waals surface area contributed by atoms with Gasteiger partial charge in [-0.3, -0.25) is 14.5 Å². The summed E-state index contributed by atoms with van der Waals surface area (Å²) in [5, 5.41) is 0. The summed E-state index contributed by atoms with van der Waals surface area (Å²) < 4.78 is 10.4. The molecule has 1 aliphatic heterocycles. The fraction of sp³-hybridized carbons (Fsp3) is 0.500. The minimum atomic E-state index is -0.458. The zero-order chi connectivity index (χ0) is 15.2. The van der Waals surface area contributed by atoms with E-state index in [9.17, 15) is 9.59 Å². The molecule has 114 valence electrons. The van der Waals surface area contributed by atoms with Gasteiger partial charge in [0, 0.05) is 12.3 Å². The van der Waals surface area contributed by atoms with E-state index in [0.717, 1.165) is 12.0 Å². The predicted molar refractivity (Wildman–Crippen MR) is 79.1 cm³/mol. The van der Waals surface area contributed by atoms with Crippen LogP contribution in [0.15, 0.2) is 24.3 Å². The minimum absolute atomic E-state index is 0.0877. The average Bonchev–Trinajstić information content (AvgIpc) is 3.00. The summed E-state index contributed by atoms with van der Waals surface area (Å²) >= 11 is 0. The van der Waals surface area contributed by atoms with Crippen LogP contribution in [0.3, 0.4) is 0 Å². The molecule has 1 aromatic rings. The van der Waals surface area contributed by atoms with Gasteiger partial charge in [0.1, 0.15) is 12.6 Å². The van der Waals surface area contributed by atoms with E-state index < -0.39 is 12.1 Å². The van der Waals surface area contributed by atoms with Crippen LogP contribution in [-0.4, -0.2) is 37.7 Å². The Kier molecular flexibility index (Phi) is 5.33. The van der Waals surface area contributed by atoms with Crippen LogP contribution < -0.4 is 4.90 Å². The molecule has 0 bridgehead atoms. The Balaban J connectivity index is 2.18. The largest absolute Gasteiger partial charge is 0.465 e. The van der Waals surface area contributed by atoms with Gasteiger partial charge in [-0.25, -0.2) is 0 Å². The van der Waals surface area contributed by atoms with E-state index in [-0.39, 0.29) is 12.5 Å². The molecule has 5 nitrogen and oxygen atoms in total. The van der Waals surface area contributed by atoms with E-state index >= 15 is 0 Å². The molecule has 0 aromatic heterocycles. The number of carbonyl (C=O) groups excluding carboxylic acids is 2. The van der Waals surface area contributed by atoms with Gasteiger partial charge >= 0.3 is 5.97 Å². The Morgan fingerprint density at radius 2 is 2.05 bits per heavy atom. The second-order valence-corrected chi connectivity index (χ2v) is 5.07. The molecule has 0 radical (unpaired) electrons. The normalized spacial score (nSPS) is 17.5. The number of nitrogens with zero attached hydrogens (tertiary/aromatic N) is 1. The first-order valence-electron chi connectivity index (χ1n) is 7.27. The number of hydrogen-bond donors (Lipinski definition) is 0. The number of hydrogen-bond acceptors (Lipinski definition) is 4. The molecule has 0 aliphatic carbocycles. The molecule has 2 rings (SSSR count). The maximum absolute atomic E-state index is 12.6. The number of rotatable bonds is 5. The van der Waals surface area contributed by atoms with Crippen molar-refractivity contribution >= 4 is 17.6 Å². The van der Waals surface area contributed by atoms with E-state index in [0.29, 0.717) is 25.3 Å². The zero-order valence-corrected chi connectivity index (χ0v) is 12.5. The van der Waals surface area contributed by atoms with Gasteiger partial charge in [0.2, 0.25) is 0 Å². The number of amides is 1. The van der Waals surface area contributed by atoms with Crippen molar-refractivity contribution in [2.24, 2.45) is 0 Å². The third-order valence-electron chi connectivity index (χ3n) is 3.41. The first kappa shape index (κ1) is 15.5. The molecule has 1 saturated heterocycles. The first-order valence-corrected chi connectivity index (χ1v) is 7.27. The van der Waals surface area contributed by atoms with Gasteiger partial charge in [0.15, 0.2) is 0 Å². The van der Waals surface area contributed by atoms with Gasteiger partial charge in [-0.05, 0) is 38.8 Å². The van der Waals surface area contributed by atoms with Crippen molar-refractivity contribution in [3.05, 3.63) is 29.8 Å². The van der Waals surface area contributed by atoms with Gasteiger partial charge in [-0.2, -0.15) is 0 Å². The quantitative estimate of drug-likeness (QED) is 0.779. The summed E-state index contributed by atoms with van der Waals surface area (Å²) in [5.41, 5.74) is 1.79. The number of carbonyl (C=O) groups is 2. The van der Waals surface area contributed by atoms with Gasteiger partial charge < -0.3 is 9.47 Å². The molecule has 1 aliphatic rings. The summed E-state index contributed by atoms with van der Waals surface area (Å²) in [7, 11) is 0. The molecule has 0 saturated carbocycles. The first-order chi connectivity index (χ1) is 10.1. The van der Waals surface area contributed by atoms with Crippen LogP contribution in [-0.2, 0) is 19.1 Å². The third kappa shape index (κ3) is 4.04. The van der Waals surface area contributed by atoms with Crippen LogP contribution in [0.2, 0.25) is 0 Å². The van der Waals surface area contributed by atoms with Crippen molar-refractivity contribution in [3.8, 4) is 0 Å². The summed E-state index contributed by atoms with van der Waals surface area (Å²) in [6.45, 7) is 4.53. The second-order valence-electron chi connectivity index (χ2n) is 5.07. The number of benzene rings is 1. The maximum atomic E-state index is 12.6. The molecule has 1 aromatic carbocycles. The highest BCUT2D eigenvalue weighted by atomic mass is 16.5. The second kappa shape index (κ2) is 7.22. The lowest BCUT2D eigenvalue weighted by Crippen LogP contribution is -2.42. The van der Waals surface area contributed by atoms with Crippen LogP contribution in [0.25, 0.3) is 0 Å². The van der Waals surface area contributed by atoms with Crippen LogP contribution >= 0.6 is 0 Å². The molecule has 0 spiro atoms. The fourth-order valence-corrected chi connectivity index (χ4v) is 2.30. The highest BCUT2D eigenvalue weighted by Gasteiger charge is 2.30. The van der Waals surface area contributed by atoms with Crippen molar-refractivity contribution in [2.75, 3.05) is 24.7 Å². The van der Waals surface area contributed by atoms with E-state index in [1.54, 1.807) is 6.92 Å². The fourth-order valence-electron chi connectivity index (χ4n) is 2.30. The smallest absolute Gasteiger partial charge is 0.326 e. The van der Waals surface area contributed by atoms with E-state index in [1.165, 1.54) is 4.90 Å². The number of ether oxygens (including phenoxy) is 2. The highest BCUT2D eigenvalue weighted by Crippen LogP contribution is 2.21. The molecule has 0 N–H and O–H groups in total. The number of aryl methyl sites for hydroxylation is 1. The molecular formula is C16H21NO4. The van der Waals surface area contributed by atoms with Crippen LogP contribution in [0.1, 0.15) is 25.3 Å². The molecule has 1 heterocycles. The van der Waals surface area contributed by atoms with Crippen molar-refractivity contribution in [2.45, 2.75) is 32.8 Å². The average molecular weight is 291 g/mol. The minimum Gasteiger partial charge on any atom is -0.465 e. The molecular weight excluding hydrogens is 270 g/mol. The topological polar surface area (TPSA) is 55.8 Å². The summed E-state index contributed by atoms with van der Waals surface area (Å²) in [4.78, 5) is 25.8. The van der Waals surface area contributed by atoms with Gasteiger partial charge in [0.25, 0.3) is 5.91 Å². The highest BCUT2D eigenvalue weighted by molar-refractivity contribution is 6.00. The lowest BCUT2D eigenvalue weighted by molar-refractivity contribution is -0.143. The van der Waals surface area contributed by atoms with E-state index in [2.05, 4.69) is 0 Å².